The van der Waals surface area contributed by atoms with Crippen LogP contribution in [-0.4, -0.2) is 33.8 Å². The summed E-state index contributed by atoms with van der Waals surface area (Å²) in [6, 6.07) is 10.5. The molecule has 0 heterocycles. The highest BCUT2D eigenvalue weighted by Crippen LogP contribution is 2.31. The summed E-state index contributed by atoms with van der Waals surface area (Å²) in [5.74, 6) is 2.16. The van der Waals surface area contributed by atoms with E-state index in [-0.39, 0.29) is 11.9 Å². The maximum absolute atomic E-state index is 12.7. The third-order valence-electron chi connectivity index (χ3n) is 4.15. The van der Waals surface area contributed by atoms with E-state index in [2.05, 4.69) is 5.32 Å². The van der Waals surface area contributed by atoms with Crippen LogP contribution in [0.5, 0.6) is 23.0 Å². The molecule has 0 bridgehead atoms. The summed E-state index contributed by atoms with van der Waals surface area (Å²) in [7, 11) is 4.69. The quantitative estimate of drug-likeness (QED) is 0.720. The molecule has 1 amide bonds. The van der Waals surface area contributed by atoms with Gasteiger partial charge in [-0.15, -0.1) is 0 Å². The molecular formula is C21H27NO5. The topological polar surface area (TPSA) is 66.0 Å². The summed E-state index contributed by atoms with van der Waals surface area (Å²) in [4.78, 5) is 12.7. The van der Waals surface area contributed by atoms with Crippen molar-refractivity contribution in [3.05, 3.63) is 47.5 Å². The van der Waals surface area contributed by atoms with Gasteiger partial charge in [-0.25, -0.2) is 0 Å². The van der Waals surface area contributed by atoms with Crippen molar-refractivity contribution in [2.24, 2.45) is 0 Å². The fourth-order valence-electron chi connectivity index (χ4n) is 2.63. The first kappa shape index (κ1) is 20.4. The standard InChI is InChI=1S/C21H27NO5/c1-6-11-27-19-9-7-15(12-20(19)26-5)14(2)22-21(23)17-13-16(24-3)8-10-18(17)25-4/h7-10,12-14H,6,11H2,1-5H3,(H,22,23). The first-order valence-corrected chi connectivity index (χ1v) is 8.87. The van der Waals surface area contributed by atoms with Crippen LogP contribution in [-0.2, 0) is 0 Å². The minimum Gasteiger partial charge on any atom is -0.497 e. The average molecular weight is 373 g/mol. The van der Waals surface area contributed by atoms with Gasteiger partial charge in [-0.2, -0.15) is 0 Å². The van der Waals surface area contributed by atoms with E-state index in [1.54, 1.807) is 32.4 Å². The Morgan fingerprint density at radius 1 is 0.963 bits per heavy atom. The number of methoxy groups -OCH3 is 3. The van der Waals surface area contributed by atoms with Gasteiger partial charge in [-0.1, -0.05) is 13.0 Å². The second-order valence-corrected chi connectivity index (χ2v) is 6.02. The highest BCUT2D eigenvalue weighted by atomic mass is 16.5. The van der Waals surface area contributed by atoms with Crippen molar-refractivity contribution in [3.8, 4) is 23.0 Å². The number of hydrogen-bond acceptors (Lipinski definition) is 5. The molecule has 2 aromatic carbocycles. The lowest BCUT2D eigenvalue weighted by Gasteiger charge is -2.18. The third kappa shape index (κ3) is 5.06. The molecular weight excluding hydrogens is 346 g/mol. The first-order chi connectivity index (χ1) is 13.0. The molecule has 0 radical (unpaired) electrons. The summed E-state index contributed by atoms with van der Waals surface area (Å²) in [6.07, 6.45) is 0.916. The van der Waals surface area contributed by atoms with Gasteiger partial charge in [0.2, 0.25) is 0 Å². The maximum atomic E-state index is 12.7. The van der Waals surface area contributed by atoms with E-state index in [9.17, 15) is 4.79 Å². The molecule has 6 nitrogen and oxygen atoms in total. The molecule has 146 valence electrons. The number of ether oxygens (including phenoxy) is 4. The molecule has 0 aliphatic carbocycles. The monoisotopic (exact) mass is 373 g/mol. The fourth-order valence-corrected chi connectivity index (χ4v) is 2.63. The molecule has 0 fully saturated rings. The van der Waals surface area contributed by atoms with Crippen molar-refractivity contribution in [2.75, 3.05) is 27.9 Å². The highest BCUT2D eigenvalue weighted by molar-refractivity contribution is 5.97. The molecule has 0 aromatic heterocycles. The normalized spacial score (nSPS) is 11.4. The maximum Gasteiger partial charge on any atom is 0.255 e. The van der Waals surface area contributed by atoms with Crippen LogP contribution in [0.4, 0.5) is 0 Å². The lowest BCUT2D eigenvalue weighted by molar-refractivity contribution is 0.0936. The molecule has 0 spiro atoms. The summed E-state index contributed by atoms with van der Waals surface area (Å²) in [5.41, 5.74) is 1.32. The number of rotatable bonds is 9. The van der Waals surface area contributed by atoms with Gasteiger partial charge in [0.1, 0.15) is 11.5 Å². The van der Waals surface area contributed by atoms with E-state index in [4.69, 9.17) is 18.9 Å². The Morgan fingerprint density at radius 3 is 2.30 bits per heavy atom. The number of carbonyl (C=O) groups excluding carboxylic acids is 1. The van der Waals surface area contributed by atoms with Gasteiger partial charge in [0.05, 0.1) is 39.5 Å². The summed E-state index contributed by atoms with van der Waals surface area (Å²) < 4.78 is 21.6. The van der Waals surface area contributed by atoms with Crippen molar-refractivity contribution in [3.63, 3.8) is 0 Å². The molecule has 0 saturated carbocycles. The average Bonchev–Trinajstić information content (AvgIpc) is 2.71. The lowest BCUT2D eigenvalue weighted by Crippen LogP contribution is -2.27. The van der Waals surface area contributed by atoms with Crippen molar-refractivity contribution in [1.82, 2.24) is 5.32 Å². The zero-order valence-electron chi connectivity index (χ0n) is 16.5. The number of carbonyl (C=O) groups is 1. The highest BCUT2D eigenvalue weighted by Gasteiger charge is 2.18. The minimum absolute atomic E-state index is 0.234. The Hall–Kier alpha value is -2.89. The Morgan fingerprint density at radius 2 is 1.67 bits per heavy atom. The fraction of sp³-hybridized carbons (Fsp3) is 0.381. The van der Waals surface area contributed by atoms with E-state index < -0.39 is 0 Å². The molecule has 0 aliphatic rings. The van der Waals surface area contributed by atoms with E-state index in [0.29, 0.717) is 35.2 Å². The van der Waals surface area contributed by atoms with Gasteiger partial charge in [0.25, 0.3) is 5.91 Å². The van der Waals surface area contributed by atoms with Gasteiger partial charge in [0, 0.05) is 0 Å². The summed E-state index contributed by atoms with van der Waals surface area (Å²) in [5, 5.41) is 2.98. The Bertz CT molecular complexity index is 775. The van der Waals surface area contributed by atoms with Gasteiger partial charge in [-0.05, 0) is 49.2 Å². The molecule has 1 atom stereocenters. The zero-order chi connectivity index (χ0) is 19.8. The minimum atomic E-state index is -0.247. The van der Waals surface area contributed by atoms with Crippen LogP contribution in [0, 0.1) is 0 Å². The molecule has 6 heteroatoms. The molecule has 0 saturated heterocycles. The smallest absolute Gasteiger partial charge is 0.255 e. The van der Waals surface area contributed by atoms with E-state index >= 15 is 0 Å². The lowest BCUT2D eigenvalue weighted by atomic mass is 10.1. The predicted molar refractivity (Wildman–Crippen MR) is 104 cm³/mol. The molecule has 2 rings (SSSR count). The van der Waals surface area contributed by atoms with Crippen LogP contribution in [0.15, 0.2) is 36.4 Å². The van der Waals surface area contributed by atoms with Crippen LogP contribution in [0.3, 0.4) is 0 Å². The molecule has 27 heavy (non-hydrogen) atoms. The van der Waals surface area contributed by atoms with E-state index in [0.717, 1.165) is 12.0 Å². The van der Waals surface area contributed by atoms with Gasteiger partial charge < -0.3 is 24.3 Å². The molecule has 1 N–H and O–H groups in total. The van der Waals surface area contributed by atoms with Crippen molar-refractivity contribution in [2.45, 2.75) is 26.3 Å². The summed E-state index contributed by atoms with van der Waals surface area (Å²) >= 11 is 0. The Labute approximate surface area is 160 Å². The largest absolute Gasteiger partial charge is 0.497 e. The molecule has 2 aromatic rings. The van der Waals surface area contributed by atoms with Crippen LogP contribution >= 0.6 is 0 Å². The van der Waals surface area contributed by atoms with Crippen LogP contribution in [0.25, 0.3) is 0 Å². The number of amides is 1. The summed E-state index contributed by atoms with van der Waals surface area (Å²) in [6.45, 7) is 4.58. The van der Waals surface area contributed by atoms with Crippen LogP contribution in [0.1, 0.15) is 42.2 Å². The van der Waals surface area contributed by atoms with Gasteiger partial charge in [-0.3, -0.25) is 4.79 Å². The van der Waals surface area contributed by atoms with Gasteiger partial charge in [0.15, 0.2) is 11.5 Å². The van der Waals surface area contributed by atoms with Crippen LogP contribution in [0.2, 0.25) is 0 Å². The SMILES string of the molecule is CCCOc1ccc(C(C)NC(=O)c2cc(OC)ccc2OC)cc1OC. The zero-order valence-corrected chi connectivity index (χ0v) is 16.5. The second kappa shape index (κ2) is 9.71. The van der Waals surface area contributed by atoms with Crippen molar-refractivity contribution >= 4 is 5.91 Å². The Balaban J connectivity index is 2.19. The molecule has 1 unspecified atom stereocenters. The predicted octanol–water partition coefficient (Wildman–Crippen LogP) is 3.99. The van der Waals surface area contributed by atoms with E-state index in [1.807, 2.05) is 32.0 Å². The Kier molecular flexibility index (Phi) is 7.34. The third-order valence-corrected chi connectivity index (χ3v) is 4.15. The second-order valence-electron chi connectivity index (χ2n) is 6.02. The van der Waals surface area contributed by atoms with Crippen LogP contribution < -0.4 is 24.3 Å². The molecule has 0 aliphatic heterocycles. The first-order valence-electron chi connectivity index (χ1n) is 8.87. The van der Waals surface area contributed by atoms with Gasteiger partial charge >= 0.3 is 0 Å². The van der Waals surface area contributed by atoms with Crippen molar-refractivity contribution < 1.29 is 23.7 Å². The van der Waals surface area contributed by atoms with Crippen molar-refractivity contribution in [1.29, 1.82) is 0 Å². The number of benzene rings is 2. The van der Waals surface area contributed by atoms with E-state index in [1.165, 1.54) is 7.11 Å². The number of hydrogen-bond donors (Lipinski definition) is 1. The number of nitrogens with one attached hydrogen (secondary N) is 1.